The van der Waals surface area contributed by atoms with Gasteiger partial charge >= 0.3 is 5.97 Å². The van der Waals surface area contributed by atoms with Gasteiger partial charge < -0.3 is 19.3 Å². The number of rotatable bonds is 7. The molecule has 3 aromatic carbocycles. The fourth-order valence-corrected chi connectivity index (χ4v) is 5.78. The molecule has 0 saturated carbocycles. The molecule has 2 atom stereocenters. The Morgan fingerprint density at radius 2 is 1.62 bits per heavy atom. The zero-order valence-corrected chi connectivity index (χ0v) is 22.7. The molecule has 2 amide bonds. The van der Waals surface area contributed by atoms with Crippen LogP contribution < -0.4 is 4.74 Å². The summed E-state index contributed by atoms with van der Waals surface area (Å²) in [5.41, 5.74) is 2.72. The average molecular weight is 545 g/mol. The minimum absolute atomic E-state index is 0.0906. The van der Waals surface area contributed by atoms with E-state index < -0.39 is 12.0 Å². The second kappa shape index (κ2) is 11.9. The van der Waals surface area contributed by atoms with Crippen molar-refractivity contribution in [3.63, 3.8) is 0 Å². The van der Waals surface area contributed by atoms with E-state index >= 15 is 0 Å². The lowest BCUT2D eigenvalue weighted by atomic mass is 9.78. The lowest BCUT2D eigenvalue weighted by Gasteiger charge is -2.44. The number of hydrogen-bond acceptors (Lipinski definition) is 5. The number of piperidine rings is 1. The minimum atomic E-state index is -0.665. The molecular formula is C32H33FN2O5. The molecule has 0 bridgehead atoms. The van der Waals surface area contributed by atoms with E-state index in [2.05, 4.69) is 0 Å². The summed E-state index contributed by atoms with van der Waals surface area (Å²) in [7, 11) is 1.59. The van der Waals surface area contributed by atoms with Gasteiger partial charge in [0.1, 0.15) is 11.6 Å². The molecule has 5 rings (SSSR count). The lowest BCUT2D eigenvalue weighted by Crippen LogP contribution is -2.50. The SMILES string of the molecule is CCOC(=O)C1CCN(C(=O)C2c3ccccc3C(=O)N(Cc3ccc(F)cc3)C2c2ccc(OC)cc2)CC1. The van der Waals surface area contributed by atoms with Crippen LogP contribution in [-0.2, 0) is 20.9 Å². The number of likely N-dealkylation sites (tertiary alicyclic amines) is 1. The fraction of sp³-hybridized carbons (Fsp3) is 0.344. The van der Waals surface area contributed by atoms with Crippen molar-refractivity contribution in [2.24, 2.45) is 5.92 Å². The standard InChI is InChI=1S/C32H33FN2O5/c1-3-40-32(38)23-16-18-34(19-17-23)31(37)28-26-6-4-5-7-27(26)30(36)35(20-21-8-12-24(33)13-9-21)29(28)22-10-14-25(39-2)15-11-22/h4-15,23,28-29H,3,16-20H2,1-2H3. The molecule has 2 unspecified atom stereocenters. The molecule has 1 fully saturated rings. The zero-order valence-electron chi connectivity index (χ0n) is 22.7. The average Bonchev–Trinajstić information content (AvgIpc) is 2.99. The van der Waals surface area contributed by atoms with E-state index in [0.29, 0.717) is 49.4 Å². The van der Waals surface area contributed by atoms with E-state index in [1.54, 1.807) is 48.1 Å². The maximum absolute atomic E-state index is 14.4. The van der Waals surface area contributed by atoms with Crippen LogP contribution in [0.5, 0.6) is 5.75 Å². The van der Waals surface area contributed by atoms with Gasteiger partial charge in [0.25, 0.3) is 5.91 Å². The summed E-state index contributed by atoms with van der Waals surface area (Å²) in [5, 5.41) is 0. The lowest BCUT2D eigenvalue weighted by molar-refractivity contribution is -0.151. The molecule has 3 aromatic rings. The third-order valence-electron chi connectivity index (χ3n) is 7.85. The van der Waals surface area contributed by atoms with Crippen LogP contribution in [0.2, 0.25) is 0 Å². The van der Waals surface area contributed by atoms with Gasteiger partial charge in [-0.25, -0.2) is 4.39 Å². The van der Waals surface area contributed by atoms with Crippen molar-refractivity contribution >= 4 is 17.8 Å². The largest absolute Gasteiger partial charge is 0.497 e. The molecule has 2 heterocycles. The van der Waals surface area contributed by atoms with E-state index in [4.69, 9.17) is 9.47 Å². The Morgan fingerprint density at radius 1 is 0.950 bits per heavy atom. The number of fused-ring (bicyclic) bond motifs is 1. The first-order chi connectivity index (χ1) is 19.4. The van der Waals surface area contributed by atoms with Gasteiger partial charge in [-0.15, -0.1) is 0 Å². The van der Waals surface area contributed by atoms with Crippen LogP contribution in [0.3, 0.4) is 0 Å². The Bertz CT molecular complexity index is 1370. The number of esters is 1. The summed E-state index contributed by atoms with van der Waals surface area (Å²) < 4.78 is 24.2. The molecule has 2 aliphatic heterocycles. The predicted octanol–water partition coefficient (Wildman–Crippen LogP) is 5.12. The van der Waals surface area contributed by atoms with Crippen molar-refractivity contribution in [3.8, 4) is 5.75 Å². The number of carbonyl (C=O) groups is 3. The summed E-state index contributed by atoms with van der Waals surface area (Å²) in [4.78, 5) is 44.2. The molecule has 7 nitrogen and oxygen atoms in total. The van der Waals surface area contributed by atoms with Gasteiger partial charge in [-0.3, -0.25) is 14.4 Å². The van der Waals surface area contributed by atoms with Crippen LogP contribution in [-0.4, -0.2) is 54.4 Å². The zero-order chi connectivity index (χ0) is 28.2. The Balaban J connectivity index is 1.54. The van der Waals surface area contributed by atoms with Crippen LogP contribution in [0.25, 0.3) is 0 Å². The Kier molecular flexibility index (Phi) is 8.14. The molecule has 40 heavy (non-hydrogen) atoms. The molecule has 208 valence electrons. The number of methoxy groups -OCH3 is 1. The molecule has 0 N–H and O–H groups in total. The first-order valence-corrected chi connectivity index (χ1v) is 13.6. The number of halogens is 1. The Labute approximate surface area is 233 Å². The highest BCUT2D eigenvalue weighted by molar-refractivity contribution is 6.01. The quantitative estimate of drug-likeness (QED) is 0.386. The van der Waals surface area contributed by atoms with Crippen molar-refractivity contribution in [1.82, 2.24) is 9.80 Å². The second-order valence-corrected chi connectivity index (χ2v) is 10.2. The minimum Gasteiger partial charge on any atom is -0.497 e. The van der Waals surface area contributed by atoms with Gasteiger partial charge in [0.2, 0.25) is 5.91 Å². The number of amides is 2. The number of ether oxygens (including phenoxy) is 2. The number of nitrogens with zero attached hydrogens (tertiary/aromatic N) is 2. The number of hydrogen-bond donors (Lipinski definition) is 0. The molecular weight excluding hydrogens is 511 g/mol. The molecule has 0 spiro atoms. The first kappa shape index (κ1) is 27.4. The van der Waals surface area contributed by atoms with Crippen LogP contribution in [0.15, 0.2) is 72.8 Å². The molecule has 0 radical (unpaired) electrons. The first-order valence-electron chi connectivity index (χ1n) is 13.6. The summed E-state index contributed by atoms with van der Waals surface area (Å²) in [6.07, 6.45) is 1.06. The molecule has 1 saturated heterocycles. The summed E-state index contributed by atoms with van der Waals surface area (Å²) in [6, 6.07) is 20.1. The Morgan fingerprint density at radius 3 is 2.27 bits per heavy atom. The van der Waals surface area contributed by atoms with Crippen molar-refractivity contribution in [3.05, 3.63) is 101 Å². The number of benzene rings is 3. The van der Waals surface area contributed by atoms with Crippen molar-refractivity contribution in [1.29, 1.82) is 0 Å². The highest BCUT2D eigenvalue weighted by Crippen LogP contribution is 2.45. The number of carbonyl (C=O) groups excluding carboxylic acids is 3. The monoisotopic (exact) mass is 544 g/mol. The normalized spacial score (nSPS) is 19.2. The van der Waals surface area contributed by atoms with E-state index in [-0.39, 0.29) is 36.1 Å². The van der Waals surface area contributed by atoms with Gasteiger partial charge in [-0.05, 0) is 66.8 Å². The van der Waals surface area contributed by atoms with Crippen molar-refractivity contribution in [2.75, 3.05) is 26.8 Å². The Hall–Kier alpha value is -4.20. The topological polar surface area (TPSA) is 76.2 Å². The van der Waals surface area contributed by atoms with Gasteiger partial charge in [-0.1, -0.05) is 42.5 Å². The van der Waals surface area contributed by atoms with Crippen LogP contribution in [0, 0.1) is 11.7 Å². The van der Waals surface area contributed by atoms with Gasteiger partial charge in [0.15, 0.2) is 0 Å². The van der Waals surface area contributed by atoms with Gasteiger partial charge in [0.05, 0.1) is 31.6 Å². The van der Waals surface area contributed by atoms with Crippen LogP contribution in [0.4, 0.5) is 4.39 Å². The second-order valence-electron chi connectivity index (χ2n) is 10.2. The third kappa shape index (κ3) is 5.43. The molecule has 0 aromatic heterocycles. The third-order valence-corrected chi connectivity index (χ3v) is 7.85. The van der Waals surface area contributed by atoms with E-state index in [1.807, 2.05) is 36.4 Å². The highest BCUT2D eigenvalue weighted by Gasteiger charge is 2.46. The highest BCUT2D eigenvalue weighted by atomic mass is 19.1. The smallest absolute Gasteiger partial charge is 0.309 e. The maximum atomic E-state index is 14.4. The maximum Gasteiger partial charge on any atom is 0.309 e. The summed E-state index contributed by atoms with van der Waals surface area (Å²) >= 11 is 0. The molecule has 2 aliphatic rings. The molecule has 8 heteroatoms. The predicted molar refractivity (Wildman–Crippen MR) is 147 cm³/mol. The fourth-order valence-electron chi connectivity index (χ4n) is 5.78. The van der Waals surface area contributed by atoms with E-state index in [1.165, 1.54) is 12.1 Å². The summed E-state index contributed by atoms with van der Waals surface area (Å²) in [5.74, 6) is -1.08. The van der Waals surface area contributed by atoms with Crippen LogP contribution >= 0.6 is 0 Å². The van der Waals surface area contributed by atoms with Crippen molar-refractivity contribution < 1.29 is 28.2 Å². The van der Waals surface area contributed by atoms with E-state index in [0.717, 1.165) is 11.1 Å². The van der Waals surface area contributed by atoms with Gasteiger partial charge in [0, 0.05) is 25.2 Å². The van der Waals surface area contributed by atoms with E-state index in [9.17, 15) is 18.8 Å². The van der Waals surface area contributed by atoms with Crippen molar-refractivity contribution in [2.45, 2.75) is 38.3 Å². The van der Waals surface area contributed by atoms with Gasteiger partial charge in [-0.2, -0.15) is 0 Å². The molecule has 0 aliphatic carbocycles. The van der Waals surface area contributed by atoms with Crippen LogP contribution in [0.1, 0.15) is 58.8 Å². The summed E-state index contributed by atoms with van der Waals surface area (Å²) in [6.45, 7) is 3.19.